The Balaban J connectivity index is 1.88. The summed E-state index contributed by atoms with van der Waals surface area (Å²) in [6, 6.07) is 7.12. The molecule has 2 amide bonds. The van der Waals surface area contributed by atoms with E-state index in [0.29, 0.717) is 23.9 Å². The van der Waals surface area contributed by atoms with Gasteiger partial charge in [0.15, 0.2) is 0 Å². The van der Waals surface area contributed by atoms with Crippen LogP contribution in [0.2, 0.25) is 0 Å². The van der Waals surface area contributed by atoms with Crippen LogP contribution in [0.1, 0.15) is 34.9 Å². The van der Waals surface area contributed by atoms with Crippen LogP contribution < -0.4 is 15.4 Å². The number of aromatic nitrogens is 1. The summed E-state index contributed by atoms with van der Waals surface area (Å²) < 4.78 is 5.64. The Kier molecular flexibility index (Phi) is 6.31. The van der Waals surface area contributed by atoms with Gasteiger partial charge in [0.1, 0.15) is 29.1 Å². The van der Waals surface area contributed by atoms with Crippen LogP contribution in [0.3, 0.4) is 0 Å². The molecule has 1 aromatic carbocycles. The summed E-state index contributed by atoms with van der Waals surface area (Å²) in [5.74, 6) is 0.169. The lowest BCUT2D eigenvalue weighted by atomic mass is 10.2. The van der Waals surface area contributed by atoms with E-state index in [1.54, 1.807) is 12.3 Å². The van der Waals surface area contributed by atoms with Crippen LogP contribution in [-0.2, 0) is 11.4 Å². The average molecular weight is 347 g/mol. The fraction of sp³-hybridized carbons (Fsp3) is 0.353. The predicted molar refractivity (Wildman–Crippen MR) is 93.2 cm³/mol. The molecule has 1 heterocycles. The van der Waals surface area contributed by atoms with Crippen LogP contribution in [0.5, 0.6) is 5.75 Å². The highest BCUT2D eigenvalue weighted by Gasteiger charge is 2.18. The molecule has 6 nitrogen and oxygen atoms in total. The Morgan fingerprint density at radius 1 is 1.29 bits per heavy atom. The molecule has 0 aliphatic rings. The zero-order valence-corrected chi connectivity index (χ0v) is 14.8. The van der Waals surface area contributed by atoms with Crippen LogP contribution in [0.25, 0.3) is 0 Å². The minimum atomic E-state index is -0.605. The predicted octanol–water partition coefficient (Wildman–Crippen LogP) is 2.28. The highest BCUT2D eigenvalue weighted by Crippen LogP contribution is 2.16. The molecule has 0 aliphatic heterocycles. The number of ether oxygens (including phenoxy) is 1. The number of hydrogen-bond donors (Lipinski definition) is 2. The molecule has 0 bridgehead atoms. The zero-order valence-electron chi connectivity index (χ0n) is 14.0. The lowest BCUT2D eigenvalue weighted by Crippen LogP contribution is -2.44. The number of likely N-dealkylation sites (N-methyl/N-ethyl adjacent to an activating group) is 1. The zero-order chi connectivity index (χ0) is 17.5. The molecular formula is C17H21N3O3S. The largest absolute Gasteiger partial charge is 0.486 e. The number of nitrogens with one attached hydrogen (secondary N) is 2. The fourth-order valence-corrected chi connectivity index (χ4v) is 2.61. The third kappa shape index (κ3) is 5.06. The summed E-state index contributed by atoms with van der Waals surface area (Å²) in [5, 5.41) is 7.65. The van der Waals surface area contributed by atoms with Gasteiger partial charge in [-0.15, -0.1) is 11.3 Å². The number of hydrogen-bond acceptors (Lipinski definition) is 5. The van der Waals surface area contributed by atoms with Crippen molar-refractivity contribution in [1.29, 1.82) is 0 Å². The van der Waals surface area contributed by atoms with Crippen molar-refractivity contribution >= 4 is 23.2 Å². The summed E-state index contributed by atoms with van der Waals surface area (Å²) in [4.78, 5) is 28.0. The van der Waals surface area contributed by atoms with E-state index < -0.39 is 6.04 Å². The Bertz CT molecular complexity index is 697. The van der Waals surface area contributed by atoms with Crippen molar-refractivity contribution in [2.24, 2.45) is 0 Å². The van der Waals surface area contributed by atoms with Gasteiger partial charge in [0, 0.05) is 11.9 Å². The van der Waals surface area contributed by atoms with Crippen LogP contribution in [0.15, 0.2) is 29.6 Å². The molecule has 128 valence electrons. The maximum atomic E-state index is 12.1. The van der Waals surface area contributed by atoms with Crippen molar-refractivity contribution in [2.75, 3.05) is 6.54 Å². The van der Waals surface area contributed by atoms with Crippen molar-refractivity contribution < 1.29 is 14.3 Å². The maximum absolute atomic E-state index is 12.1. The van der Waals surface area contributed by atoms with Gasteiger partial charge in [-0.3, -0.25) is 9.59 Å². The Morgan fingerprint density at radius 3 is 2.67 bits per heavy atom. The lowest BCUT2D eigenvalue weighted by molar-refractivity contribution is -0.122. The topological polar surface area (TPSA) is 80.3 Å². The van der Waals surface area contributed by atoms with Crippen molar-refractivity contribution in [3.8, 4) is 5.75 Å². The SMILES string of the molecule is CCNC(=O)[C@@H](C)NC(=O)c1csc(COc2ccc(C)cc2)n1. The molecule has 0 unspecified atom stereocenters. The normalized spacial score (nSPS) is 11.6. The molecule has 7 heteroatoms. The van der Waals surface area contributed by atoms with E-state index in [1.165, 1.54) is 11.3 Å². The molecule has 0 aliphatic carbocycles. The third-order valence-electron chi connectivity index (χ3n) is 3.26. The number of carbonyl (C=O) groups excluding carboxylic acids is 2. The lowest BCUT2D eigenvalue weighted by Gasteiger charge is -2.12. The summed E-state index contributed by atoms with van der Waals surface area (Å²) >= 11 is 1.35. The molecule has 0 spiro atoms. The molecule has 0 fully saturated rings. The fourth-order valence-electron chi connectivity index (χ4n) is 1.92. The van der Waals surface area contributed by atoms with Gasteiger partial charge in [-0.25, -0.2) is 4.98 Å². The van der Waals surface area contributed by atoms with Gasteiger partial charge in [0.05, 0.1) is 0 Å². The molecule has 1 aromatic heterocycles. The summed E-state index contributed by atoms with van der Waals surface area (Å²) in [7, 11) is 0. The van der Waals surface area contributed by atoms with Gasteiger partial charge in [-0.05, 0) is 32.9 Å². The quantitative estimate of drug-likeness (QED) is 0.805. The smallest absolute Gasteiger partial charge is 0.271 e. The molecule has 1 atom stereocenters. The van der Waals surface area contributed by atoms with Gasteiger partial charge in [-0.2, -0.15) is 0 Å². The number of carbonyl (C=O) groups is 2. The second kappa shape index (κ2) is 8.44. The average Bonchev–Trinajstić information content (AvgIpc) is 3.03. The highest BCUT2D eigenvalue weighted by atomic mass is 32.1. The molecule has 2 N–H and O–H groups in total. The molecule has 0 saturated carbocycles. The number of thiazole rings is 1. The van der Waals surface area contributed by atoms with Crippen LogP contribution in [0, 0.1) is 6.92 Å². The van der Waals surface area contributed by atoms with Crippen LogP contribution in [-0.4, -0.2) is 29.4 Å². The number of amides is 2. The molecule has 2 aromatic rings. The number of benzene rings is 1. The summed E-state index contributed by atoms with van der Waals surface area (Å²) in [6.45, 7) is 6.30. The number of rotatable bonds is 7. The second-order valence-electron chi connectivity index (χ2n) is 5.32. The Hall–Kier alpha value is -2.41. The van der Waals surface area contributed by atoms with Gasteiger partial charge in [0.2, 0.25) is 5.91 Å². The van der Waals surface area contributed by atoms with Crippen molar-refractivity contribution in [2.45, 2.75) is 33.4 Å². The first-order valence-electron chi connectivity index (χ1n) is 7.72. The molecule has 24 heavy (non-hydrogen) atoms. The standard InChI is InChI=1S/C17H21N3O3S/c1-4-18-16(21)12(3)19-17(22)14-10-24-15(20-14)9-23-13-7-5-11(2)6-8-13/h5-8,10,12H,4,9H2,1-3H3,(H,18,21)(H,19,22)/t12-/m1/s1. The van der Waals surface area contributed by atoms with E-state index >= 15 is 0 Å². The first-order valence-corrected chi connectivity index (χ1v) is 8.60. The van der Waals surface area contributed by atoms with E-state index in [4.69, 9.17) is 4.74 Å². The number of nitrogens with zero attached hydrogens (tertiary/aromatic N) is 1. The first kappa shape index (κ1) is 17.9. The minimum absolute atomic E-state index is 0.219. The summed E-state index contributed by atoms with van der Waals surface area (Å²) in [6.07, 6.45) is 0. The second-order valence-corrected chi connectivity index (χ2v) is 6.26. The van der Waals surface area contributed by atoms with E-state index in [-0.39, 0.29) is 11.8 Å². The van der Waals surface area contributed by atoms with E-state index in [2.05, 4.69) is 15.6 Å². The molecule has 0 radical (unpaired) electrons. The van der Waals surface area contributed by atoms with Crippen LogP contribution in [0.4, 0.5) is 0 Å². The van der Waals surface area contributed by atoms with Crippen molar-refractivity contribution in [1.82, 2.24) is 15.6 Å². The van der Waals surface area contributed by atoms with Gasteiger partial charge in [-0.1, -0.05) is 17.7 Å². The molecule has 0 saturated heterocycles. The Labute approximate surface area is 145 Å². The van der Waals surface area contributed by atoms with Gasteiger partial charge < -0.3 is 15.4 Å². The first-order chi connectivity index (χ1) is 11.5. The van der Waals surface area contributed by atoms with Crippen LogP contribution >= 0.6 is 11.3 Å². The molecule has 2 rings (SSSR count). The van der Waals surface area contributed by atoms with Crippen molar-refractivity contribution in [3.63, 3.8) is 0 Å². The highest BCUT2D eigenvalue weighted by molar-refractivity contribution is 7.09. The number of aryl methyl sites for hydroxylation is 1. The minimum Gasteiger partial charge on any atom is -0.486 e. The Morgan fingerprint density at radius 2 is 2.00 bits per heavy atom. The summed E-state index contributed by atoms with van der Waals surface area (Å²) in [5.41, 5.74) is 1.45. The third-order valence-corrected chi connectivity index (χ3v) is 4.08. The van der Waals surface area contributed by atoms with E-state index in [1.807, 2.05) is 38.1 Å². The maximum Gasteiger partial charge on any atom is 0.271 e. The monoisotopic (exact) mass is 347 g/mol. The van der Waals surface area contributed by atoms with E-state index in [0.717, 1.165) is 11.3 Å². The van der Waals surface area contributed by atoms with Gasteiger partial charge in [0.25, 0.3) is 5.91 Å². The molecular weight excluding hydrogens is 326 g/mol. The van der Waals surface area contributed by atoms with Gasteiger partial charge >= 0.3 is 0 Å². The van der Waals surface area contributed by atoms with Crippen molar-refractivity contribution in [3.05, 3.63) is 45.9 Å². The van der Waals surface area contributed by atoms with E-state index in [9.17, 15) is 9.59 Å².